The molecule has 6 nitrogen and oxygen atoms in total. The zero-order valence-corrected chi connectivity index (χ0v) is 11.5. The standard InChI is InChI=1S/C11H17F3N4O2/c1-7(2)6-8(19)15-4-5-18-10(20)17(3)9(16-18)11(12,13)14/h7H,4-6H2,1-3H3,(H,15,19). The molecule has 0 saturated carbocycles. The molecule has 1 aromatic heterocycles. The zero-order chi connectivity index (χ0) is 15.5. The van der Waals surface area contributed by atoms with Crippen molar-refractivity contribution in [3.05, 3.63) is 16.3 Å². The third-order valence-electron chi connectivity index (χ3n) is 2.53. The summed E-state index contributed by atoms with van der Waals surface area (Å²) in [5, 5.41) is 5.76. The van der Waals surface area contributed by atoms with Crippen LogP contribution in [0.1, 0.15) is 26.1 Å². The van der Waals surface area contributed by atoms with Gasteiger partial charge in [0.1, 0.15) is 0 Å². The first-order chi connectivity index (χ1) is 9.12. The Morgan fingerprint density at radius 1 is 1.40 bits per heavy atom. The van der Waals surface area contributed by atoms with Crippen LogP contribution in [-0.2, 0) is 24.6 Å². The van der Waals surface area contributed by atoms with E-state index < -0.39 is 17.7 Å². The summed E-state index contributed by atoms with van der Waals surface area (Å²) in [6, 6.07) is 0. The first kappa shape index (κ1) is 16.3. The SMILES string of the molecule is CC(C)CC(=O)NCCn1nc(C(F)(F)F)n(C)c1=O. The summed E-state index contributed by atoms with van der Waals surface area (Å²) in [6.45, 7) is 3.70. The number of rotatable bonds is 5. The molecule has 114 valence electrons. The van der Waals surface area contributed by atoms with E-state index in [0.717, 1.165) is 7.05 Å². The van der Waals surface area contributed by atoms with Crippen molar-refractivity contribution in [3.8, 4) is 0 Å². The van der Waals surface area contributed by atoms with E-state index in [1.807, 2.05) is 13.8 Å². The Balaban J connectivity index is 2.66. The molecule has 0 aliphatic carbocycles. The molecule has 0 unspecified atom stereocenters. The second-order valence-electron chi connectivity index (χ2n) is 4.83. The number of carbonyl (C=O) groups is 1. The number of amides is 1. The molecule has 0 aliphatic heterocycles. The maximum Gasteiger partial charge on any atom is 0.451 e. The van der Waals surface area contributed by atoms with Crippen LogP contribution < -0.4 is 11.0 Å². The van der Waals surface area contributed by atoms with Crippen molar-refractivity contribution in [1.82, 2.24) is 19.7 Å². The summed E-state index contributed by atoms with van der Waals surface area (Å²) in [4.78, 5) is 22.9. The molecule has 1 aromatic rings. The van der Waals surface area contributed by atoms with E-state index in [1.54, 1.807) is 0 Å². The van der Waals surface area contributed by atoms with Crippen LogP contribution in [0.5, 0.6) is 0 Å². The number of aromatic nitrogens is 3. The molecular formula is C11H17F3N4O2. The predicted molar refractivity (Wildman–Crippen MR) is 64.9 cm³/mol. The first-order valence-corrected chi connectivity index (χ1v) is 6.10. The highest BCUT2D eigenvalue weighted by atomic mass is 19.4. The number of nitrogens with zero attached hydrogens (tertiary/aromatic N) is 3. The minimum absolute atomic E-state index is 0.0553. The fourth-order valence-electron chi connectivity index (χ4n) is 1.62. The van der Waals surface area contributed by atoms with Crippen LogP contribution in [0.4, 0.5) is 13.2 Å². The fourth-order valence-corrected chi connectivity index (χ4v) is 1.62. The van der Waals surface area contributed by atoms with Crippen LogP contribution >= 0.6 is 0 Å². The molecule has 0 spiro atoms. The van der Waals surface area contributed by atoms with Gasteiger partial charge in [-0.25, -0.2) is 9.48 Å². The second kappa shape index (κ2) is 6.10. The Bertz CT molecular complexity index is 531. The number of carbonyl (C=O) groups excluding carboxylic acids is 1. The van der Waals surface area contributed by atoms with Gasteiger partial charge in [-0.2, -0.15) is 13.2 Å². The molecule has 0 atom stereocenters. The lowest BCUT2D eigenvalue weighted by Gasteiger charge is -2.06. The van der Waals surface area contributed by atoms with E-state index in [9.17, 15) is 22.8 Å². The molecule has 1 rings (SSSR count). The van der Waals surface area contributed by atoms with E-state index in [-0.39, 0.29) is 24.9 Å². The summed E-state index contributed by atoms with van der Waals surface area (Å²) < 4.78 is 38.7. The zero-order valence-electron chi connectivity index (χ0n) is 11.5. The quantitative estimate of drug-likeness (QED) is 0.872. The van der Waals surface area contributed by atoms with Gasteiger partial charge in [0.2, 0.25) is 11.7 Å². The maximum absolute atomic E-state index is 12.5. The lowest BCUT2D eigenvalue weighted by Crippen LogP contribution is -2.32. The summed E-state index contributed by atoms with van der Waals surface area (Å²) in [5.74, 6) is -1.28. The van der Waals surface area contributed by atoms with Gasteiger partial charge in [0.25, 0.3) is 0 Å². The van der Waals surface area contributed by atoms with Gasteiger partial charge in [-0.15, -0.1) is 5.10 Å². The topological polar surface area (TPSA) is 68.9 Å². The highest BCUT2D eigenvalue weighted by Crippen LogP contribution is 2.25. The molecule has 20 heavy (non-hydrogen) atoms. The molecule has 0 radical (unpaired) electrons. The van der Waals surface area contributed by atoms with Crippen LogP contribution in [-0.4, -0.2) is 26.8 Å². The second-order valence-corrected chi connectivity index (χ2v) is 4.83. The largest absolute Gasteiger partial charge is 0.451 e. The van der Waals surface area contributed by atoms with Crippen molar-refractivity contribution in [2.75, 3.05) is 6.54 Å². The van der Waals surface area contributed by atoms with Crippen LogP contribution in [0, 0.1) is 5.92 Å². The summed E-state index contributed by atoms with van der Waals surface area (Å²) >= 11 is 0. The van der Waals surface area contributed by atoms with Crippen LogP contribution in [0.25, 0.3) is 0 Å². The third-order valence-corrected chi connectivity index (χ3v) is 2.53. The lowest BCUT2D eigenvalue weighted by atomic mass is 10.1. The van der Waals surface area contributed by atoms with Crippen molar-refractivity contribution in [1.29, 1.82) is 0 Å². The first-order valence-electron chi connectivity index (χ1n) is 6.10. The van der Waals surface area contributed by atoms with Crippen LogP contribution in [0.3, 0.4) is 0 Å². The van der Waals surface area contributed by atoms with Crippen molar-refractivity contribution in [3.63, 3.8) is 0 Å². The van der Waals surface area contributed by atoms with E-state index in [0.29, 0.717) is 15.7 Å². The molecule has 1 heterocycles. The molecule has 0 aliphatic rings. The highest BCUT2D eigenvalue weighted by molar-refractivity contribution is 5.75. The Labute approximate surface area is 113 Å². The van der Waals surface area contributed by atoms with E-state index in [1.165, 1.54) is 0 Å². The molecular weight excluding hydrogens is 277 g/mol. The van der Waals surface area contributed by atoms with Gasteiger partial charge in [-0.05, 0) is 5.92 Å². The molecule has 1 N–H and O–H groups in total. The summed E-state index contributed by atoms with van der Waals surface area (Å²) in [7, 11) is 1.01. The Morgan fingerprint density at radius 2 is 2.00 bits per heavy atom. The minimum Gasteiger partial charge on any atom is -0.354 e. The molecule has 0 bridgehead atoms. The Hall–Kier alpha value is -1.80. The van der Waals surface area contributed by atoms with Gasteiger partial charge in [-0.1, -0.05) is 13.8 Å². The Kier molecular flexibility index (Phi) is 4.96. The van der Waals surface area contributed by atoms with E-state index in [2.05, 4.69) is 10.4 Å². The maximum atomic E-state index is 12.5. The van der Waals surface area contributed by atoms with Crippen molar-refractivity contribution in [2.24, 2.45) is 13.0 Å². The van der Waals surface area contributed by atoms with Gasteiger partial charge in [0.15, 0.2) is 0 Å². The number of hydrogen-bond donors (Lipinski definition) is 1. The van der Waals surface area contributed by atoms with E-state index >= 15 is 0 Å². The number of hydrogen-bond acceptors (Lipinski definition) is 3. The summed E-state index contributed by atoms with van der Waals surface area (Å²) in [6.07, 6.45) is -4.36. The fraction of sp³-hybridized carbons (Fsp3) is 0.727. The molecule has 0 fully saturated rings. The third kappa shape index (κ3) is 4.10. The molecule has 0 saturated heterocycles. The van der Waals surface area contributed by atoms with Gasteiger partial charge >= 0.3 is 11.9 Å². The number of alkyl halides is 3. The average Bonchev–Trinajstić information content (AvgIpc) is 2.55. The molecule has 9 heteroatoms. The van der Waals surface area contributed by atoms with Crippen molar-refractivity contribution < 1.29 is 18.0 Å². The minimum atomic E-state index is -4.68. The lowest BCUT2D eigenvalue weighted by molar-refractivity contribution is -0.147. The van der Waals surface area contributed by atoms with Gasteiger partial charge in [-0.3, -0.25) is 9.36 Å². The number of halogens is 3. The number of nitrogens with one attached hydrogen (secondary N) is 1. The summed E-state index contributed by atoms with van der Waals surface area (Å²) in [5.41, 5.74) is -0.865. The average molecular weight is 294 g/mol. The van der Waals surface area contributed by atoms with Gasteiger partial charge < -0.3 is 5.32 Å². The highest BCUT2D eigenvalue weighted by Gasteiger charge is 2.37. The van der Waals surface area contributed by atoms with Crippen molar-refractivity contribution >= 4 is 5.91 Å². The molecule has 1 amide bonds. The molecule has 0 aromatic carbocycles. The van der Waals surface area contributed by atoms with Gasteiger partial charge in [0.05, 0.1) is 6.54 Å². The van der Waals surface area contributed by atoms with Gasteiger partial charge in [0, 0.05) is 20.0 Å². The monoisotopic (exact) mass is 294 g/mol. The van der Waals surface area contributed by atoms with Crippen molar-refractivity contribution in [2.45, 2.75) is 33.0 Å². The smallest absolute Gasteiger partial charge is 0.354 e. The predicted octanol–water partition coefficient (Wildman–Crippen LogP) is 0.763. The Morgan fingerprint density at radius 3 is 2.45 bits per heavy atom. The van der Waals surface area contributed by atoms with Crippen LogP contribution in [0.15, 0.2) is 4.79 Å². The van der Waals surface area contributed by atoms with E-state index in [4.69, 9.17) is 0 Å². The van der Waals surface area contributed by atoms with Crippen LogP contribution in [0.2, 0.25) is 0 Å². The normalized spacial score (nSPS) is 11.9.